The normalized spacial score (nSPS) is 10.4. The first-order valence-electron chi connectivity index (χ1n) is 6.29. The highest BCUT2D eigenvalue weighted by Crippen LogP contribution is 2.22. The largest absolute Gasteiger partial charge is 0.383 e. The van der Waals surface area contributed by atoms with Crippen molar-refractivity contribution in [1.29, 1.82) is 0 Å². The van der Waals surface area contributed by atoms with E-state index < -0.39 is 5.91 Å². The number of hydrogen-bond acceptors (Lipinski definition) is 7. The third-order valence-corrected chi connectivity index (χ3v) is 2.88. The van der Waals surface area contributed by atoms with E-state index in [1.807, 2.05) is 12.1 Å². The summed E-state index contributed by atoms with van der Waals surface area (Å²) in [4.78, 5) is 20.7. The van der Waals surface area contributed by atoms with E-state index in [2.05, 4.69) is 25.5 Å². The van der Waals surface area contributed by atoms with Gasteiger partial charge in [-0.1, -0.05) is 6.07 Å². The maximum Gasteiger partial charge on any atom is 0.256 e. The molecule has 0 saturated heterocycles. The standard InChI is InChI=1S/C13H12N8O/c14-11-10(12(15)22)13(17-7-16-11)20-8-2-1-3-9(6-8)21-18-4-5-19-21/h1-7H,(H2,15,22)(H3,14,16,17,20). The smallest absolute Gasteiger partial charge is 0.256 e. The van der Waals surface area contributed by atoms with Gasteiger partial charge in [0.25, 0.3) is 5.91 Å². The molecular weight excluding hydrogens is 284 g/mol. The summed E-state index contributed by atoms with van der Waals surface area (Å²) < 4.78 is 0. The molecule has 0 radical (unpaired) electrons. The molecule has 110 valence electrons. The van der Waals surface area contributed by atoms with E-state index in [9.17, 15) is 4.79 Å². The third kappa shape index (κ3) is 2.54. The first-order chi connectivity index (χ1) is 10.6. The Morgan fingerprint density at radius 3 is 2.68 bits per heavy atom. The molecule has 0 unspecified atom stereocenters. The fraction of sp³-hybridized carbons (Fsp3) is 0. The van der Waals surface area contributed by atoms with Crippen molar-refractivity contribution in [1.82, 2.24) is 25.0 Å². The van der Waals surface area contributed by atoms with Gasteiger partial charge in [0.2, 0.25) is 0 Å². The Morgan fingerprint density at radius 1 is 1.18 bits per heavy atom. The van der Waals surface area contributed by atoms with Gasteiger partial charge >= 0.3 is 0 Å². The molecule has 3 rings (SSSR count). The predicted molar refractivity (Wildman–Crippen MR) is 79.6 cm³/mol. The lowest BCUT2D eigenvalue weighted by atomic mass is 10.2. The van der Waals surface area contributed by atoms with Crippen LogP contribution in [0.15, 0.2) is 43.0 Å². The third-order valence-electron chi connectivity index (χ3n) is 2.88. The molecule has 2 aromatic heterocycles. The Kier molecular flexibility index (Phi) is 3.36. The van der Waals surface area contributed by atoms with Crippen molar-refractivity contribution in [2.24, 2.45) is 5.73 Å². The summed E-state index contributed by atoms with van der Waals surface area (Å²) >= 11 is 0. The van der Waals surface area contributed by atoms with Crippen LogP contribution in [0.2, 0.25) is 0 Å². The second-order valence-electron chi connectivity index (χ2n) is 4.34. The van der Waals surface area contributed by atoms with Gasteiger partial charge in [0.1, 0.15) is 23.5 Å². The summed E-state index contributed by atoms with van der Waals surface area (Å²) in [6, 6.07) is 7.25. The molecule has 9 nitrogen and oxygen atoms in total. The van der Waals surface area contributed by atoms with Gasteiger partial charge < -0.3 is 16.8 Å². The molecule has 0 bridgehead atoms. The number of amides is 1. The predicted octanol–water partition coefficient (Wildman–Crippen LogP) is 0.482. The molecule has 0 atom stereocenters. The first-order valence-corrected chi connectivity index (χ1v) is 6.29. The van der Waals surface area contributed by atoms with E-state index in [0.717, 1.165) is 5.69 Å². The second kappa shape index (κ2) is 5.48. The van der Waals surface area contributed by atoms with E-state index >= 15 is 0 Å². The van der Waals surface area contributed by atoms with Crippen molar-refractivity contribution in [2.45, 2.75) is 0 Å². The number of carbonyl (C=O) groups is 1. The zero-order chi connectivity index (χ0) is 15.5. The number of nitrogens with zero attached hydrogens (tertiary/aromatic N) is 5. The SMILES string of the molecule is NC(=O)c1c(N)ncnc1Nc1cccc(-n2nccn2)c1. The van der Waals surface area contributed by atoms with E-state index in [4.69, 9.17) is 11.5 Å². The molecule has 0 fully saturated rings. The topological polar surface area (TPSA) is 138 Å². The van der Waals surface area contributed by atoms with Crippen molar-refractivity contribution in [3.63, 3.8) is 0 Å². The lowest BCUT2D eigenvalue weighted by Gasteiger charge is -2.10. The zero-order valence-corrected chi connectivity index (χ0v) is 11.3. The van der Waals surface area contributed by atoms with E-state index in [-0.39, 0.29) is 17.2 Å². The minimum atomic E-state index is -0.703. The fourth-order valence-corrected chi connectivity index (χ4v) is 1.93. The summed E-state index contributed by atoms with van der Waals surface area (Å²) in [5, 5.41) is 11.1. The Balaban J connectivity index is 1.96. The molecule has 0 aliphatic heterocycles. The Bertz CT molecular complexity index is 815. The van der Waals surface area contributed by atoms with Crippen molar-refractivity contribution in [3.8, 4) is 5.69 Å². The van der Waals surface area contributed by atoms with Crippen LogP contribution in [0.5, 0.6) is 0 Å². The van der Waals surface area contributed by atoms with Crippen molar-refractivity contribution in [2.75, 3.05) is 11.1 Å². The number of nitrogen functional groups attached to an aromatic ring is 1. The number of anilines is 3. The number of carbonyl (C=O) groups excluding carboxylic acids is 1. The van der Waals surface area contributed by atoms with Gasteiger partial charge in [0.05, 0.1) is 18.1 Å². The lowest BCUT2D eigenvalue weighted by Crippen LogP contribution is -2.17. The average Bonchev–Trinajstić information content (AvgIpc) is 3.01. The quantitative estimate of drug-likeness (QED) is 0.636. The van der Waals surface area contributed by atoms with Gasteiger partial charge in [0, 0.05) is 5.69 Å². The fourth-order valence-electron chi connectivity index (χ4n) is 1.93. The highest BCUT2D eigenvalue weighted by molar-refractivity contribution is 6.02. The maximum absolute atomic E-state index is 11.5. The number of nitrogens with one attached hydrogen (secondary N) is 1. The molecule has 0 saturated carbocycles. The van der Waals surface area contributed by atoms with Crippen LogP contribution in [0.3, 0.4) is 0 Å². The summed E-state index contributed by atoms with van der Waals surface area (Å²) in [5.41, 5.74) is 12.5. The van der Waals surface area contributed by atoms with E-state index in [0.29, 0.717) is 5.69 Å². The summed E-state index contributed by atoms with van der Waals surface area (Å²) in [5.74, 6) is -0.439. The number of hydrogen-bond donors (Lipinski definition) is 3. The van der Waals surface area contributed by atoms with Crippen molar-refractivity contribution in [3.05, 3.63) is 48.5 Å². The van der Waals surface area contributed by atoms with Gasteiger partial charge in [-0.05, 0) is 18.2 Å². The minimum absolute atomic E-state index is 0.0231. The maximum atomic E-state index is 11.5. The Morgan fingerprint density at radius 2 is 1.95 bits per heavy atom. The lowest BCUT2D eigenvalue weighted by molar-refractivity contribution is 0.100. The van der Waals surface area contributed by atoms with Crippen LogP contribution in [0.25, 0.3) is 5.69 Å². The summed E-state index contributed by atoms with van der Waals surface area (Å²) in [6.45, 7) is 0. The van der Waals surface area contributed by atoms with Gasteiger partial charge in [-0.3, -0.25) is 4.79 Å². The molecule has 3 aromatic rings. The van der Waals surface area contributed by atoms with E-state index in [1.54, 1.807) is 24.5 Å². The molecule has 0 aliphatic rings. The molecule has 9 heteroatoms. The van der Waals surface area contributed by atoms with Crippen molar-refractivity contribution < 1.29 is 4.79 Å². The number of rotatable bonds is 4. The van der Waals surface area contributed by atoms with Gasteiger partial charge in [-0.25, -0.2) is 9.97 Å². The second-order valence-corrected chi connectivity index (χ2v) is 4.34. The van der Waals surface area contributed by atoms with Crippen LogP contribution in [0.4, 0.5) is 17.3 Å². The molecule has 0 spiro atoms. The first kappa shape index (κ1) is 13.5. The Labute approximate surface area is 125 Å². The average molecular weight is 296 g/mol. The van der Waals surface area contributed by atoms with Crippen LogP contribution < -0.4 is 16.8 Å². The highest BCUT2D eigenvalue weighted by atomic mass is 16.1. The van der Waals surface area contributed by atoms with Crippen LogP contribution in [-0.4, -0.2) is 30.9 Å². The summed E-state index contributed by atoms with van der Waals surface area (Å²) in [6.07, 6.45) is 4.41. The van der Waals surface area contributed by atoms with Crippen LogP contribution in [0.1, 0.15) is 10.4 Å². The molecule has 5 N–H and O–H groups in total. The molecule has 1 aromatic carbocycles. The van der Waals surface area contributed by atoms with Crippen LogP contribution in [0, 0.1) is 0 Å². The van der Waals surface area contributed by atoms with Crippen LogP contribution in [-0.2, 0) is 0 Å². The molecule has 22 heavy (non-hydrogen) atoms. The van der Waals surface area contributed by atoms with Gasteiger partial charge in [-0.2, -0.15) is 15.0 Å². The number of benzene rings is 1. The van der Waals surface area contributed by atoms with Crippen LogP contribution >= 0.6 is 0 Å². The van der Waals surface area contributed by atoms with Gasteiger partial charge in [0.15, 0.2) is 0 Å². The van der Waals surface area contributed by atoms with E-state index in [1.165, 1.54) is 11.1 Å². The monoisotopic (exact) mass is 296 g/mol. The molecule has 1 amide bonds. The number of primary amides is 1. The minimum Gasteiger partial charge on any atom is -0.383 e. The zero-order valence-electron chi connectivity index (χ0n) is 11.3. The Hall–Kier alpha value is -3.49. The molecular formula is C13H12N8O. The number of aromatic nitrogens is 5. The summed E-state index contributed by atoms with van der Waals surface area (Å²) in [7, 11) is 0. The van der Waals surface area contributed by atoms with Crippen molar-refractivity contribution >= 4 is 23.2 Å². The molecule has 0 aliphatic carbocycles. The highest BCUT2D eigenvalue weighted by Gasteiger charge is 2.15. The number of nitrogens with two attached hydrogens (primary N) is 2. The molecule has 2 heterocycles. The van der Waals surface area contributed by atoms with Gasteiger partial charge in [-0.15, -0.1) is 0 Å².